The van der Waals surface area contributed by atoms with Gasteiger partial charge in [-0.3, -0.25) is 4.79 Å². The van der Waals surface area contributed by atoms with Crippen molar-refractivity contribution in [3.8, 4) is 0 Å². The standard InChI is InChI=1S/C23H18Cl2F4N2O3S/c1-33-9-19(32)31-10-21(11-31)15-3-2-12(4-13(15)8-34-21)18-7-22(35-30-18,23(27,28)29)14-5-16(24)20(26)17(25)6-14/h2-6H,7-11H2,1H3. The summed E-state index contributed by atoms with van der Waals surface area (Å²) in [6, 6.07) is 7.22. The number of rotatable bonds is 4. The van der Waals surface area contributed by atoms with Crippen molar-refractivity contribution in [3.63, 3.8) is 0 Å². The molecule has 2 aromatic rings. The molecule has 1 unspecified atom stereocenters. The third-order valence-electron chi connectivity index (χ3n) is 6.58. The van der Waals surface area contributed by atoms with Gasteiger partial charge in [-0.1, -0.05) is 35.3 Å². The van der Waals surface area contributed by atoms with Crippen LogP contribution in [0.5, 0.6) is 0 Å². The summed E-state index contributed by atoms with van der Waals surface area (Å²) in [7, 11) is 1.45. The van der Waals surface area contributed by atoms with Crippen LogP contribution in [0.4, 0.5) is 17.6 Å². The number of nitrogens with zero attached hydrogens (tertiary/aromatic N) is 2. The number of benzene rings is 2. The monoisotopic (exact) mass is 548 g/mol. The van der Waals surface area contributed by atoms with Crippen LogP contribution < -0.4 is 0 Å². The zero-order valence-corrected chi connectivity index (χ0v) is 20.5. The van der Waals surface area contributed by atoms with Gasteiger partial charge in [0.15, 0.2) is 10.6 Å². The Hall–Kier alpha value is -1.85. The Morgan fingerprint density at radius 2 is 1.91 bits per heavy atom. The summed E-state index contributed by atoms with van der Waals surface area (Å²) in [5.41, 5.74) is 1.66. The van der Waals surface area contributed by atoms with E-state index < -0.39 is 38.8 Å². The smallest absolute Gasteiger partial charge is 0.375 e. The number of carbonyl (C=O) groups excluding carboxylic acids is 1. The molecule has 1 amide bonds. The summed E-state index contributed by atoms with van der Waals surface area (Å²) in [6.07, 6.45) is -5.18. The Morgan fingerprint density at radius 1 is 1.23 bits per heavy atom. The van der Waals surface area contributed by atoms with Crippen molar-refractivity contribution in [1.29, 1.82) is 0 Å². The lowest BCUT2D eigenvalue weighted by molar-refractivity contribution is -0.171. The van der Waals surface area contributed by atoms with Gasteiger partial charge in [0.1, 0.15) is 12.2 Å². The molecule has 0 radical (unpaired) electrons. The van der Waals surface area contributed by atoms with E-state index in [2.05, 4.69) is 4.40 Å². The van der Waals surface area contributed by atoms with Crippen LogP contribution in [0.25, 0.3) is 0 Å². The predicted octanol–water partition coefficient (Wildman–Crippen LogP) is 5.65. The lowest BCUT2D eigenvalue weighted by Crippen LogP contribution is -2.61. The molecular formula is C23H18Cl2F4N2O3S. The molecule has 3 heterocycles. The van der Waals surface area contributed by atoms with E-state index >= 15 is 0 Å². The Kier molecular flexibility index (Phi) is 6.12. The maximum atomic E-state index is 14.4. The number of carbonyl (C=O) groups is 1. The molecule has 2 aromatic carbocycles. The molecule has 3 aliphatic heterocycles. The van der Waals surface area contributed by atoms with Gasteiger partial charge in [0.2, 0.25) is 5.91 Å². The molecule has 1 spiro atoms. The van der Waals surface area contributed by atoms with Crippen molar-refractivity contribution in [2.75, 3.05) is 26.8 Å². The Labute approximate surface area is 212 Å². The molecule has 12 heteroatoms. The normalized spacial score (nSPS) is 22.8. The highest BCUT2D eigenvalue weighted by molar-refractivity contribution is 7.99. The van der Waals surface area contributed by atoms with Gasteiger partial charge < -0.3 is 14.4 Å². The molecule has 0 N–H and O–H groups in total. The van der Waals surface area contributed by atoms with E-state index in [1.165, 1.54) is 7.11 Å². The third-order valence-corrected chi connectivity index (χ3v) is 8.37. The lowest BCUT2D eigenvalue weighted by Gasteiger charge is -2.47. The van der Waals surface area contributed by atoms with Crippen LogP contribution in [-0.2, 0) is 31.2 Å². The van der Waals surface area contributed by atoms with Gasteiger partial charge in [-0.15, -0.1) is 0 Å². The minimum Gasteiger partial charge on any atom is -0.375 e. The molecule has 1 atom stereocenters. The van der Waals surface area contributed by atoms with Crippen molar-refractivity contribution in [3.05, 3.63) is 68.4 Å². The molecule has 1 fully saturated rings. The first kappa shape index (κ1) is 24.8. The van der Waals surface area contributed by atoms with E-state index in [4.69, 9.17) is 32.7 Å². The number of likely N-dealkylation sites (tertiary alicyclic amines) is 1. The van der Waals surface area contributed by atoms with E-state index in [1.807, 2.05) is 6.07 Å². The van der Waals surface area contributed by atoms with Crippen molar-refractivity contribution in [1.82, 2.24) is 4.90 Å². The third kappa shape index (κ3) is 3.94. The number of halogens is 6. The fourth-order valence-electron chi connectivity index (χ4n) is 4.70. The highest BCUT2D eigenvalue weighted by atomic mass is 35.5. The lowest BCUT2D eigenvalue weighted by atomic mass is 9.83. The van der Waals surface area contributed by atoms with Gasteiger partial charge in [0, 0.05) is 13.5 Å². The van der Waals surface area contributed by atoms with Gasteiger partial charge in [-0.25, -0.2) is 8.79 Å². The van der Waals surface area contributed by atoms with Crippen LogP contribution in [0, 0.1) is 5.82 Å². The van der Waals surface area contributed by atoms with E-state index in [1.54, 1.807) is 17.0 Å². The SMILES string of the molecule is COCC(=O)N1CC2(C1)OCc1cc(C3=NSC(c4cc(Cl)c(F)c(Cl)c4)(C(F)(F)F)C3)ccc12. The van der Waals surface area contributed by atoms with E-state index in [9.17, 15) is 22.4 Å². The second-order valence-electron chi connectivity index (χ2n) is 8.72. The number of hydrogen-bond donors (Lipinski definition) is 0. The van der Waals surface area contributed by atoms with Gasteiger partial charge in [0.05, 0.1) is 35.5 Å². The molecule has 1 saturated heterocycles. The molecule has 35 heavy (non-hydrogen) atoms. The maximum absolute atomic E-state index is 14.4. The number of fused-ring (bicyclic) bond motifs is 2. The van der Waals surface area contributed by atoms with E-state index in [0.29, 0.717) is 30.6 Å². The molecule has 5 rings (SSSR count). The number of methoxy groups -OCH3 is 1. The second-order valence-corrected chi connectivity index (χ2v) is 10.6. The summed E-state index contributed by atoms with van der Waals surface area (Å²) < 4.78 is 69.5. The molecule has 3 aliphatic rings. The van der Waals surface area contributed by atoms with E-state index in [-0.39, 0.29) is 30.4 Å². The number of hydrogen-bond acceptors (Lipinski definition) is 5. The van der Waals surface area contributed by atoms with E-state index in [0.717, 1.165) is 23.3 Å². The van der Waals surface area contributed by atoms with Crippen LogP contribution in [0.1, 0.15) is 28.7 Å². The van der Waals surface area contributed by atoms with Crippen LogP contribution in [0.2, 0.25) is 10.0 Å². The zero-order valence-electron chi connectivity index (χ0n) is 18.2. The average molecular weight is 549 g/mol. The number of amides is 1. The van der Waals surface area contributed by atoms with Crippen molar-refractivity contribution in [2.24, 2.45) is 4.40 Å². The summed E-state index contributed by atoms with van der Waals surface area (Å²) in [5.74, 6) is -1.10. The highest BCUT2D eigenvalue weighted by Crippen LogP contribution is 2.57. The first-order valence-electron chi connectivity index (χ1n) is 10.5. The molecule has 5 nitrogen and oxygen atoms in total. The van der Waals surface area contributed by atoms with Crippen LogP contribution >= 0.6 is 35.1 Å². The number of alkyl halides is 3. The summed E-state index contributed by atoms with van der Waals surface area (Å²) in [4.78, 5) is 13.7. The van der Waals surface area contributed by atoms with Gasteiger partial charge in [-0.2, -0.15) is 13.2 Å². The first-order chi connectivity index (χ1) is 16.5. The highest BCUT2D eigenvalue weighted by Gasteiger charge is 2.60. The topological polar surface area (TPSA) is 51.1 Å². The maximum Gasteiger partial charge on any atom is 0.409 e. The quantitative estimate of drug-likeness (QED) is 0.281. The summed E-state index contributed by atoms with van der Waals surface area (Å²) in [5, 5.41) is -0.965. The van der Waals surface area contributed by atoms with Crippen LogP contribution in [0.3, 0.4) is 0 Å². The first-order valence-corrected chi connectivity index (χ1v) is 12.0. The molecule has 0 saturated carbocycles. The van der Waals surface area contributed by atoms with Gasteiger partial charge in [0.25, 0.3) is 0 Å². The minimum atomic E-state index is -4.71. The molecule has 0 bridgehead atoms. The van der Waals surface area contributed by atoms with Crippen LogP contribution in [-0.4, -0.2) is 49.5 Å². The fourth-order valence-corrected chi connectivity index (χ4v) is 6.15. The van der Waals surface area contributed by atoms with Crippen LogP contribution in [0.15, 0.2) is 34.7 Å². The largest absolute Gasteiger partial charge is 0.409 e. The fraction of sp³-hybridized carbons (Fsp3) is 0.391. The van der Waals surface area contributed by atoms with Crippen molar-refractivity contribution in [2.45, 2.75) is 29.6 Å². The minimum absolute atomic E-state index is 0.00913. The Morgan fingerprint density at radius 3 is 2.54 bits per heavy atom. The van der Waals surface area contributed by atoms with Gasteiger partial charge in [-0.05, 0) is 52.4 Å². The van der Waals surface area contributed by atoms with Crippen molar-refractivity contribution < 1.29 is 31.8 Å². The van der Waals surface area contributed by atoms with Crippen molar-refractivity contribution >= 4 is 46.8 Å². The number of ether oxygens (including phenoxy) is 2. The zero-order chi connectivity index (χ0) is 25.2. The molecular weight excluding hydrogens is 531 g/mol. The molecule has 186 valence electrons. The Bertz CT molecular complexity index is 1230. The summed E-state index contributed by atoms with van der Waals surface area (Å²) in [6.45, 7) is 1.05. The second kappa shape index (κ2) is 8.62. The molecule has 0 aliphatic carbocycles. The Balaban J connectivity index is 1.40. The summed E-state index contributed by atoms with van der Waals surface area (Å²) >= 11 is 12.0. The predicted molar refractivity (Wildman–Crippen MR) is 124 cm³/mol. The molecule has 0 aromatic heterocycles. The average Bonchev–Trinajstić information content (AvgIpc) is 3.39. The van der Waals surface area contributed by atoms with Gasteiger partial charge >= 0.3 is 6.18 Å².